The van der Waals surface area contributed by atoms with E-state index >= 15 is 0 Å². The molecule has 0 fully saturated rings. The molecule has 0 heterocycles. The van der Waals surface area contributed by atoms with Gasteiger partial charge < -0.3 is 14.2 Å². The predicted molar refractivity (Wildman–Crippen MR) is 77.2 cm³/mol. The van der Waals surface area contributed by atoms with Gasteiger partial charge in [0.2, 0.25) is 0 Å². The van der Waals surface area contributed by atoms with Gasteiger partial charge in [0.15, 0.2) is 0 Å². The third-order valence-electron chi connectivity index (χ3n) is 2.97. The molecule has 0 aliphatic rings. The molecule has 0 amide bonds. The van der Waals surface area contributed by atoms with Crippen LogP contribution in [0.3, 0.4) is 0 Å². The minimum absolute atomic E-state index is 0.436. The van der Waals surface area contributed by atoms with Crippen LogP contribution in [-0.2, 0) is 0 Å². The van der Waals surface area contributed by atoms with Crippen LogP contribution in [0, 0.1) is 11.8 Å². The summed E-state index contributed by atoms with van der Waals surface area (Å²) in [4.78, 5) is 0. The fraction of sp³-hybridized carbons (Fsp3) is 0.571. The van der Waals surface area contributed by atoms with Gasteiger partial charge in [-0.2, -0.15) is 12.6 Å². The van der Waals surface area contributed by atoms with Crippen LogP contribution in [0.1, 0.15) is 13.8 Å². The molecule has 0 aliphatic heterocycles. The summed E-state index contributed by atoms with van der Waals surface area (Å²) in [5, 5.41) is 0. The van der Waals surface area contributed by atoms with E-state index in [1.165, 1.54) is 0 Å². The molecule has 1 aromatic rings. The maximum absolute atomic E-state index is 5.80. The highest BCUT2D eigenvalue weighted by Gasteiger charge is 2.13. The van der Waals surface area contributed by atoms with Gasteiger partial charge >= 0.3 is 0 Å². The van der Waals surface area contributed by atoms with Gasteiger partial charge in [-0.05, 0) is 11.7 Å². The molecule has 0 N–H and O–H groups in total. The van der Waals surface area contributed by atoms with Crippen molar-refractivity contribution in [2.45, 2.75) is 13.8 Å². The number of benzene rings is 1. The van der Waals surface area contributed by atoms with E-state index in [1.807, 2.05) is 18.2 Å². The maximum atomic E-state index is 5.80. The van der Waals surface area contributed by atoms with Crippen LogP contribution in [0.2, 0.25) is 0 Å². The van der Waals surface area contributed by atoms with Crippen LogP contribution < -0.4 is 14.2 Å². The number of methoxy groups -OCH3 is 2. The molecule has 0 saturated carbocycles. The van der Waals surface area contributed by atoms with Gasteiger partial charge in [-0.3, -0.25) is 0 Å². The van der Waals surface area contributed by atoms with Crippen molar-refractivity contribution in [3.63, 3.8) is 0 Å². The monoisotopic (exact) mass is 270 g/mol. The van der Waals surface area contributed by atoms with Crippen molar-refractivity contribution in [3.05, 3.63) is 18.2 Å². The van der Waals surface area contributed by atoms with Crippen LogP contribution in [0.15, 0.2) is 18.2 Å². The summed E-state index contributed by atoms with van der Waals surface area (Å²) in [5.74, 6) is 4.03. The zero-order chi connectivity index (χ0) is 13.5. The predicted octanol–water partition coefficient (Wildman–Crippen LogP) is 3.28. The Bertz CT molecular complexity index is 344. The summed E-state index contributed by atoms with van der Waals surface area (Å²) < 4.78 is 16.2. The third kappa shape index (κ3) is 4.33. The summed E-state index contributed by atoms with van der Waals surface area (Å²) in [6, 6.07) is 5.54. The molecule has 0 radical (unpaired) electrons. The Balaban J connectivity index is 2.71. The van der Waals surface area contributed by atoms with Crippen molar-refractivity contribution in [1.82, 2.24) is 0 Å². The lowest BCUT2D eigenvalue weighted by Crippen LogP contribution is -2.19. The Kier molecular flexibility index (Phi) is 6.19. The molecule has 0 aliphatic carbocycles. The molecular formula is C14H22O3S. The summed E-state index contributed by atoms with van der Waals surface area (Å²) in [6.45, 7) is 5.00. The second kappa shape index (κ2) is 7.41. The zero-order valence-electron chi connectivity index (χ0n) is 11.5. The molecule has 1 aromatic carbocycles. The van der Waals surface area contributed by atoms with Gasteiger partial charge in [-0.25, -0.2) is 0 Å². The van der Waals surface area contributed by atoms with Crippen molar-refractivity contribution in [1.29, 1.82) is 0 Å². The van der Waals surface area contributed by atoms with Gasteiger partial charge in [0.05, 0.1) is 20.8 Å². The lowest BCUT2D eigenvalue weighted by Gasteiger charge is -2.19. The SMILES string of the molecule is COc1cc(OC)cc(OCC(CS)C(C)C)c1. The first-order chi connectivity index (χ1) is 8.60. The van der Waals surface area contributed by atoms with Crippen molar-refractivity contribution in [2.75, 3.05) is 26.6 Å². The van der Waals surface area contributed by atoms with E-state index in [0.29, 0.717) is 18.4 Å². The zero-order valence-corrected chi connectivity index (χ0v) is 12.4. The standard InChI is InChI=1S/C14H22O3S/c1-10(2)11(9-18)8-17-14-6-12(15-3)5-13(7-14)16-4/h5-7,10-11,18H,8-9H2,1-4H3. The molecule has 4 heteroatoms. The van der Waals surface area contributed by atoms with Crippen molar-refractivity contribution < 1.29 is 14.2 Å². The Morgan fingerprint density at radius 1 is 1.00 bits per heavy atom. The molecule has 18 heavy (non-hydrogen) atoms. The first kappa shape index (κ1) is 15.0. The van der Waals surface area contributed by atoms with Crippen LogP contribution in [0.25, 0.3) is 0 Å². The second-order valence-corrected chi connectivity index (χ2v) is 4.91. The van der Waals surface area contributed by atoms with Gasteiger partial charge in [-0.15, -0.1) is 0 Å². The van der Waals surface area contributed by atoms with E-state index < -0.39 is 0 Å². The molecule has 0 spiro atoms. The highest BCUT2D eigenvalue weighted by molar-refractivity contribution is 7.80. The summed E-state index contributed by atoms with van der Waals surface area (Å²) in [6.07, 6.45) is 0. The van der Waals surface area contributed by atoms with Crippen LogP contribution in [-0.4, -0.2) is 26.6 Å². The van der Waals surface area contributed by atoms with Crippen molar-refractivity contribution in [3.8, 4) is 17.2 Å². The molecule has 102 valence electrons. The minimum atomic E-state index is 0.436. The normalized spacial score (nSPS) is 12.3. The number of hydrogen-bond acceptors (Lipinski definition) is 4. The summed E-state index contributed by atoms with van der Waals surface area (Å²) in [7, 11) is 3.26. The molecule has 0 aromatic heterocycles. The van der Waals surface area contributed by atoms with Crippen LogP contribution in [0.4, 0.5) is 0 Å². The first-order valence-electron chi connectivity index (χ1n) is 6.07. The quantitative estimate of drug-likeness (QED) is 0.771. The van der Waals surface area contributed by atoms with Gasteiger partial charge in [0, 0.05) is 24.1 Å². The van der Waals surface area contributed by atoms with Gasteiger partial charge in [0.1, 0.15) is 17.2 Å². The Morgan fingerprint density at radius 3 is 1.89 bits per heavy atom. The van der Waals surface area contributed by atoms with Crippen molar-refractivity contribution in [2.24, 2.45) is 11.8 Å². The fourth-order valence-electron chi connectivity index (χ4n) is 1.52. The number of rotatable bonds is 7. The number of hydrogen-bond donors (Lipinski definition) is 1. The van der Waals surface area contributed by atoms with Gasteiger partial charge in [0.25, 0.3) is 0 Å². The fourth-order valence-corrected chi connectivity index (χ4v) is 2.05. The van der Waals surface area contributed by atoms with Gasteiger partial charge in [-0.1, -0.05) is 13.8 Å². The smallest absolute Gasteiger partial charge is 0.126 e. The van der Waals surface area contributed by atoms with Crippen LogP contribution >= 0.6 is 12.6 Å². The highest BCUT2D eigenvalue weighted by atomic mass is 32.1. The lowest BCUT2D eigenvalue weighted by molar-refractivity contribution is 0.225. The molecule has 1 unspecified atom stereocenters. The van der Waals surface area contributed by atoms with E-state index in [9.17, 15) is 0 Å². The lowest BCUT2D eigenvalue weighted by atomic mass is 9.99. The largest absolute Gasteiger partial charge is 0.496 e. The first-order valence-corrected chi connectivity index (χ1v) is 6.70. The maximum Gasteiger partial charge on any atom is 0.126 e. The number of ether oxygens (including phenoxy) is 3. The summed E-state index contributed by atoms with van der Waals surface area (Å²) in [5.41, 5.74) is 0. The topological polar surface area (TPSA) is 27.7 Å². The highest BCUT2D eigenvalue weighted by Crippen LogP contribution is 2.28. The molecule has 0 saturated heterocycles. The molecule has 1 atom stereocenters. The van der Waals surface area contributed by atoms with E-state index in [1.54, 1.807) is 14.2 Å². The van der Waals surface area contributed by atoms with E-state index in [2.05, 4.69) is 26.5 Å². The molecule has 0 bridgehead atoms. The Hall–Kier alpha value is -1.03. The van der Waals surface area contributed by atoms with E-state index in [-0.39, 0.29) is 0 Å². The van der Waals surface area contributed by atoms with Crippen molar-refractivity contribution >= 4 is 12.6 Å². The Labute approximate surface area is 115 Å². The molecule has 1 rings (SSSR count). The second-order valence-electron chi connectivity index (χ2n) is 4.55. The number of thiol groups is 1. The summed E-state index contributed by atoms with van der Waals surface area (Å²) >= 11 is 4.35. The average molecular weight is 270 g/mol. The molecular weight excluding hydrogens is 248 g/mol. The Morgan fingerprint density at radius 2 is 1.50 bits per heavy atom. The third-order valence-corrected chi connectivity index (χ3v) is 3.44. The van der Waals surface area contributed by atoms with E-state index in [0.717, 1.165) is 23.0 Å². The van der Waals surface area contributed by atoms with E-state index in [4.69, 9.17) is 14.2 Å². The average Bonchev–Trinajstić information content (AvgIpc) is 2.38. The van der Waals surface area contributed by atoms with Crippen LogP contribution in [0.5, 0.6) is 17.2 Å². The molecule has 3 nitrogen and oxygen atoms in total. The minimum Gasteiger partial charge on any atom is -0.496 e.